The van der Waals surface area contributed by atoms with E-state index < -0.39 is 0 Å². The minimum Gasteiger partial charge on any atom is -0.491 e. The van der Waals surface area contributed by atoms with Gasteiger partial charge in [0.2, 0.25) is 0 Å². The normalized spacial score (nSPS) is 11.4. The van der Waals surface area contributed by atoms with E-state index in [2.05, 4.69) is 33.1 Å². The third-order valence-electron chi connectivity index (χ3n) is 3.18. The minimum atomic E-state index is 0.179. The lowest BCUT2D eigenvalue weighted by Crippen LogP contribution is -2.05. The van der Waals surface area contributed by atoms with Gasteiger partial charge in [-0.2, -0.15) is 0 Å². The van der Waals surface area contributed by atoms with Crippen molar-refractivity contribution in [3.8, 4) is 5.75 Å². The van der Waals surface area contributed by atoms with E-state index in [9.17, 15) is 0 Å². The average Bonchev–Trinajstić information content (AvgIpc) is 2.97. The molecule has 5 heteroatoms. The van der Waals surface area contributed by atoms with Crippen molar-refractivity contribution in [1.82, 2.24) is 14.9 Å². The first-order valence-corrected chi connectivity index (χ1v) is 6.67. The Kier molecular flexibility index (Phi) is 3.18. The van der Waals surface area contributed by atoms with Gasteiger partial charge in [0.25, 0.3) is 0 Å². The molecule has 20 heavy (non-hydrogen) atoms. The number of hydrogen-bond acceptors (Lipinski definition) is 4. The molecule has 0 unspecified atom stereocenters. The monoisotopic (exact) mass is 271 g/mol. The Hall–Kier alpha value is -2.30. The van der Waals surface area contributed by atoms with Crippen molar-refractivity contribution in [1.29, 1.82) is 0 Å². The summed E-state index contributed by atoms with van der Waals surface area (Å²) < 4.78 is 12.6. The number of aryl methyl sites for hydroxylation is 1. The lowest BCUT2D eigenvalue weighted by Gasteiger charge is -2.10. The Labute approximate surface area is 117 Å². The van der Waals surface area contributed by atoms with Crippen LogP contribution in [0.2, 0.25) is 0 Å². The number of aromatic nitrogens is 3. The largest absolute Gasteiger partial charge is 0.491 e. The zero-order valence-corrected chi connectivity index (χ0v) is 11.8. The molecule has 1 aromatic carbocycles. The fourth-order valence-electron chi connectivity index (χ4n) is 2.22. The molecule has 0 bridgehead atoms. The predicted molar refractivity (Wildman–Crippen MR) is 75.8 cm³/mol. The van der Waals surface area contributed by atoms with Crippen LogP contribution >= 0.6 is 0 Å². The van der Waals surface area contributed by atoms with Gasteiger partial charge in [-0.1, -0.05) is 10.3 Å². The number of fused-ring (bicyclic) bond motifs is 1. The molecule has 3 aromatic rings. The van der Waals surface area contributed by atoms with Crippen LogP contribution in [-0.4, -0.2) is 21.0 Å². The van der Waals surface area contributed by atoms with Crippen molar-refractivity contribution in [3.05, 3.63) is 41.9 Å². The molecule has 104 valence electrons. The highest BCUT2D eigenvalue weighted by molar-refractivity contribution is 5.81. The molecule has 2 aromatic heterocycles. The Morgan fingerprint density at radius 1 is 1.25 bits per heavy atom. The van der Waals surface area contributed by atoms with Crippen LogP contribution in [0.1, 0.15) is 25.2 Å². The van der Waals surface area contributed by atoms with Crippen molar-refractivity contribution in [3.63, 3.8) is 0 Å². The molecule has 0 atom stereocenters. The second kappa shape index (κ2) is 5.00. The van der Waals surface area contributed by atoms with E-state index in [1.54, 1.807) is 0 Å². The molecule has 0 N–H and O–H groups in total. The van der Waals surface area contributed by atoms with Crippen molar-refractivity contribution in [2.45, 2.75) is 33.4 Å². The molecule has 0 amide bonds. The lowest BCUT2D eigenvalue weighted by molar-refractivity contribution is 0.243. The SMILES string of the molecule is Cc1nonc1Cn1ccc2cc(OC(C)C)ccc21. The smallest absolute Gasteiger partial charge is 0.127 e. The van der Waals surface area contributed by atoms with Crippen LogP contribution < -0.4 is 4.74 Å². The molecule has 2 heterocycles. The Bertz CT molecular complexity index is 728. The fourth-order valence-corrected chi connectivity index (χ4v) is 2.22. The summed E-state index contributed by atoms with van der Waals surface area (Å²) in [4.78, 5) is 0. The standard InChI is InChI=1S/C15H17N3O2/c1-10(2)19-13-4-5-15-12(8-13)6-7-18(15)9-14-11(3)16-20-17-14/h4-8,10H,9H2,1-3H3. The predicted octanol–water partition coefficient (Wildman–Crippen LogP) is 3.17. The quantitative estimate of drug-likeness (QED) is 0.731. The Morgan fingerprint density at radius 3 is 2.80 bits per heavy atom. The number of ether oxygens (including phenoxy) is 1. The fraction of sp³-hybridized carbons (Fsp3) is 0.333. The first kappa shape index (κ1) is 12.7. The van der Waals surface area contributed by atoms with Gasteiger partial charge >= 0.3 is 0 Å². The van der Waals surface area contributed by atoms with Gasteiger partial charge in [-0.15, -0.1) is 0 Å². The van der Waals surface area contributed by atoms with Gasteiger partial charge in [0.15, 0.2) is 0 Å². The molecule has 0 aliphatic carbocycles. The topological polar surface area (TPSA) is 53.1 Å². The van der Waals surface area contributed by atoms with E-state index in [1.165, 1.54) is 0 Å². The van der Waals surface area contributed by atoms with Gasteiger partial charge in [-0.3, -0.25) is 0 Å². The van der Waals surface area contributed by atoms with Crippen molar-refractivity contribution in [2.24, 2.45) is 0 Å². The van der Waals surface area contributed by atoms with Gasteiger partial charge < -0.3 is 9.30 Å². The third-order valence-corrected chi connectivity index (χ3v) is 3.18. The van der Waals surface area contributed by atoms with Crippen molar-refractivity contribution < 1.29 is 9.37 Å². The van der Waals surface area contributed by atoms with Crippen LogP contribution in [0.4, 0.5) is 0 Å². The summed E-state index contributed by atoms with van der Waals surface area (Å²) in [5.74, 6) is 0.893. The molecule has 0 fully saturated rings. The molecule has 0 radical (unpaired) electrons. The zero-order chi connectivity index (χ0) is 14.1. The summed E-state index contributed by atoms with van der Waals surface area (Å²) in [6, 6.07) is 8.19. The Balaban J connectivity index is 1.92. The van der Waals surface area contributed by atoms with Crippen LogP contribution in [0.25, 0.3) is 10.9 Å². The first-order chi connectivity index (χ1) is 9.63. The van der Waals surface area contributed by atoms with Crippen molar-refractivity contribution in [2.75, 3.05) is 0 Å². The van der Waals surface area contributed by atoms with Crippen LogP contribution in [0.5, 0.6) is 5.75 Å². The van der Waals surface area contributed by atoms with Crippen molar-refractivity contribution >= 4 is 10.9 Å². The van der Waals surface area contributed by atoms with Gasteiger partial charge in [0.05, 0.1) is 12.6 Å². The highest BCUT2D eigenvalue weighted by Gasteiger charge is 2.09. The maximum absolute atomic E-state index is 5.71. The highest BCUT2D eigenvalue weighted by atomic mass is 16.6. The van der Waals surface area contributed by atoms with Crippen LogP contribution in [0.3, 0.4) is 0 Å². The average molecular weight is 271 g/mol. The summed E-state index contributed by atoms with van der Waals surface area (Å²) in [6.07, 6.45) is 2.22. The number of rotatable bonds is 4. The molecule has 5 nitrogen and oxygen atoms in total. The molecular formula is C15H17N3O2. The second-order valence-electron chi connectivity index (χ2n) is 5.13. The van der Waals surface area contributed by atoms with Crippen LogP contribution in [0.15, 0.2) is 35.1 Å². The van der Waals surface area contributed by atoms with Gasteiger partial charge in [0, 0.05) is 17.1 Å². The Morgan fingerprint density at radius 2 is 2.10 bits per heavy atom. The second-order valence-corrected chi connectivity index (χ2v) is 5.13. The van der Waals surface area contributed by atoms with Crippen LogP contribution in [-0.2, 0) is 6.54 Å². The summed E-state index contributed by atoms with van der Waals surface area (Å²) in [6.45, 7) is 6.60. The van der Waals surface area contributed by atoms with E-state index in [4.69, 9.17) is 9.37 Å². The molecule has 0 saturated heterocycles. The molecule has 0 aliphatic rings. The summed E-state index contributed by atoms with van der Waals surface area (Å²) in [5, 5.41) is 8.88. The van der Waals surface area contributed by atoms with E-state index in [0.717, 1.165) is 28.0 Å². The highest BCUT2D eigenvalue weighted by Crippen LogP contribution is 2.23. The third kappa shape index (κ3) is 2.39. The van der Waals surface area contributed by atoms with Gasteiger partial charge in [-0.05, 0) is 45.0 Å². The van der Waals surface area contributed by atoms with Gasteiger partial charge in [-0.25, -0.2) is 4.63 Å². The first-order valence-electron chi connectivity index (χ1n) is 6.67. The summed E-state index contributed by atoms with van der Waals surface area (Å²) >= 11 is 0. The molecular weight excluding hydrogens is 254 g/mol. The maximum atomic E-state index is 5.71. The molecule has 0 aliphatic heterocycles. The minimum absolute atomic E-state index is 0.179. The summed E-state index contributed by atoms with van der Waals surface area (Å²) in [5.41, 5.74) is 2.82. The lowest BCUT2D eigenvalue weighted by atomic mass is 10.2. The van der Waals surface area contributed by atoms with E-state index in [-0.39, 0.29) is 6.10 Å². The maximum Gasteiger partial charge on any atom is 0.127 e. The van der Waals surface area contributed by atoms with Gasteiger partial charge in [0.1, 0.15) is 17.1 Å². The molecule has 0 spiro atoms. The number of benzene rings is 1. The van der Waals surface area contributed by atoms with Crippen LogP contribution in [0, 0.1) is 6.92 Å². The summed E-state index contributed by atoms with van der Waals surface area (Å²) in [7, 11) is 0. The van der Waals surface area contributed by atoms with E-state index in [1.807, 2.05) is 33.0 Å². The van der Waals surface area contributed by atoms with E-state index in [0.29, 0.717) is 6.54 Å². The zero-order valence-electron chi connectivity index (χ0n) is 11.8. The van der Waals surface area contributed by atoms with E-state index >= 15 is 0 Å². The molecule has 3 rings (SSSR count). The number of nitrogens with zero attached hydrogens (tertiary/aromatic N) is 3. The molecule has 0 saturated carbocycles. The number of hydrogen-bond donors (Lipinski definition) is 0.